The Kier molecular flexibility index (Phi) is 4.99. The van der Waals surface area contributed by atoms with E-state index in [4.69, 9.17) is 10.5 Å². The lowest BCUT2D eigenvalue weighted by Gasteiger charge is -2.13. The molecule has 4 rings (SSSR count). The maximum absolute atomic E-state index is 13.0. The maximum Gasteiger partial charge on any atom is 0.341 e. The van der Waals surface area contributed by atoms with Gasteiger partial charge in [-0.05, 0) is 43.4 Å². The van der Waals surface area contributed by atoms with E-state index in [1.165, 1.54) is 4.88 Å². The molecule has 8 nitrogen and oxygen atoms in total. The summed E-state index contributed by atoms with van der Waals surface area (Å²) in [5, 5.41) is 0.908. The monoisotopic (exact) mass is 398 g/mol. The number of carbonyl (C=O) groups excluding carboxylic acids is 1. The lowest BCUT2D eigenvalue weighted by atomic mass is 9.95. The first-order valence-electron chi connectivity index (χ1n) is 9.15. The van der Waals surface area contributed by atoms with Crippen LogP contribution in [0, 0.1) is 0 Å². The molecule has 3 heterocycles. The number of nitrogens with zero attached hydrogens (tertiary/aromatic N) is 5. The van der Waals surface area contributed by atoms with Crippen LogP contribution < -0.4 is 10.6 Å². The predicted octanol–water partition coefficient (Wildman–Crippen LogP) is 2.61. The summed E-state index contributed by atoms with van der Waals surface area (Å²) >= 11 is 1.67. The molecule has 0 bridgehead atoms. The Bertz CT molecular complexity index is 996. The SMILES string of the molecule is CN(C)c1nc(N)nc(COC(=O)c2c(-n3cccc3)sc3c2CCCC3)n1. The van der Waals surface area contributed by atoms with E-state index in [1.54, 1.807) is 16.2 Å². The topological polar surface area (TPSA) is 99.2 Å². The summed E-state index contributed by atoms with van der Waals surface area (Å²) in [6.45, 7) is -0.0534. The number of esters is 1. The van der Waals surface area contributed by atoms with Crippen molar-refractivity contribution in [2.45, 2.75) is 32.3 Å². The number of aryl methyl sites for hydroxylation is 1. The number of carbonyl (C=O) groups is 1. The number of ether oxygens (including phenoxy) is 1. The van der Waals surface area contributed by atoms with Gasteiger partial charge < -0.3 is 19.9 Å². The average molecular weight is 398 g/mol. The molecular formula is C19H22N6O2S. The van der Waals surface area contributed by atoms with Crippen LogP contribution in [0.5, 0.6) is 0 Å². The van der Waals surface area contributed by atoms with Crippen LogP contribution in [0.4, 0.5) is 11.9 Å². The van der Waals surface area contributed by atoms with Gasteiger partial charge in [0.1, 0.15) is 5.00 Å². The zero-order valence-electron chi connectivity index (χ0n) is 15.9. The Morgan fingerprint density at radius 2 is 1.96 bits per heavy atom. The fraction of sp³-hybridized carbons (Fsp3) is 0.368. The van der Waals surface area contributed by atoms with E-state index in [9.17, 15) is 4.79 Å². The van der Waals surface area contributed by atoms with Gasteiger partial charge in [0.2, 0.25) is 11.9 Å². The molecule has 0 saturated carbocycles. The van der Waals surface area contributed by atoms with E-state index >= 15 is 0 Å². The second-order valence-corrected chi connectivity index (χ2v) is 7.95. The summed E-state index contributed by atoms with van der Waals surface area (Å²) in [5.74, 6) is 0.509. The van der Waals surface area contributed by atoms with Gasteiger partial charge in [0.25, 0.3) is 0 Å². The second-order valence-electron chi connectivity index (χ2n) is 6.86. The van der Waals surface area contributed by atoms with Crippen LogP contribution in [-0.2, 0) is 24.2 Å². The summed E-state index contributed by atoms with van der Waals surface area (Å²) in [6.07, 6.45) is 8.06. The molecule has 28 heavy (non-hydrogen) atoms. The molecule has 0 atom stereocenters. The molecule has 3 aromatic heterocycles. The van der Waals surface area contributed by atoms with Crippen LogP contribution in [0.2, 0.25) is 0 Å². The average Bonchev–Trinajstić information content (AvgIpc) is 3.33. The quantitative estimate of drug-likeness (QED) is 0.660. The van der Waals surface area contributed by atoms with E-state index in [0.29, 0.717) is 17.3 Å². The molecule has 2 N–H and O–H groups in total. The third kappa shape index (κ3) is 3.57. The van der Waals surface area contributed by atoms with Crippen LogP contribution >= 0.6 is 11.3 Å². The van der Waals surface area contributed by atoms with Gasteiger partial charge in [-0.15, -0.1) is 11.3 Å². The number of fused-ring (bicyclic) bond motifs is 1. The number of aromatic nitrogens is 4. The number of hydrogen-bond donors (Lipinski definition) is 1. The Balaban J connectivity index is 1.61. The fourth-order valence-electron chi connectivity index (χ4n) is 3.31. The molecular weight excluding hydrogens is 376 g/mol. The summed E-state index contributed by atoms with van der Waals surface area (Å²) in [7, 11) is 3.62. The molecule has 0 fully saturated rings. The number of hydrogen-bond acceptors (Lipinski definition) is 8. The number of thiophene rings is 1. The van der Waals surface area contributed by atoms with Crippen LogP contribution in [0.3, 0.4) is 0 Å². The number of rotatable bonds is 5. The maximum atomic E-state index is 13.0. The van der Waals surface area contributed by atoms with E-state index in [2.05, 4.69) is 15.0 Å². The smallest absolute Gasteiger partial charge is 0.341 e. The van der Waals surface area contributed by atoms with Crippen molar-refractivity contribution in [3.8, 4) is 5.00 Å². The van der Waals surface area contributed by atoms with E-state index < -0.39 is 0 Å². The highest BCUT2D eigenvalue weighted by atomic mass is 32.1. The van der Waals surface area contributed by atoms with Crippen LogP contribution in [0.1, 0.15) is 39.5 Å². The Labute approximate surface area is 167 Å². The van der Waals surface area contributed by atoms with Gasteiger partial charge in [0, 0.05) is 31.4 Å². The molecule has 9 heteroatoms. The Morgan fingerprint density at radius 1 is 1.21 bits per heavy atom. The highest BCUT2D eigenvalue weighted by Crippen LogP contribution is 2.37. The minimum Gasteiger partial charge on any atom is -0.454 e. The van der Waals surface area contributed by atoms with Crippen molar-refractivity contribution in [1.29, 1.82) is 0 Å². The second kappa shape index (κ2) is 7.59. The summed E-state index contributed by atoms with van der Waals surface area (Å²) in [4.78, 5) is 28.5. The number of nitrogen functional groups attached to an aromatic ring is 1. The van der Waals surface area contributed by atoms with Gasteiger partial charge in [0.15, 0.2) is 12.4 Å². The molecule has 0 amide bonds. The third-order valence-electron chi connectivity index (χ3n) is 4.62. The lowest BCUT2D eigenvalue weighted by molar-refractivity contribution is 0.0461. The largest absolute Gasteiger partial charge is 0.454 e. The summed E-state index contributed by atoms with van der Waals surface area (Å²) in [6, 6.07) is 3.90. The van der Waals surface area contributed by atoms with Crippen LogP contribution in [0.15, 0.2) is 24.5 Å². The Hall–Kier alpha value is -2.94. The lowest BCUT2D eigenvalue weighted by Crippen LogP contribution is -2.17. The van der Waals surface area contributed by atoms with Crippen molar-refractivity contribution in [2.75, 3.05) is 24.7 Å². The molecule has 0 aromatic carbocycles. The standard InChI is InChI=1S/C19H22N6O2S/c1-24(2)19-22-14(21-18(20)23-19)11-27-17(26)15-12-7-3-4-8-13(12)28-16(15)25-9-5-6-10-25/h5-6,9-10H,3-4,7-8,11H2,1-2H3,(H2,20,21,22,23). The van der Waals surface area contributed by atoms with Crippen molar-refractivity contribution < 1.29 is 9.53 Å². The van der Waals surface area contributed by atoms with Gasteiger partial charge in [0.05, 0.1) is 5.56 Å². The first kappa shape index (κ1) is 18.4. The summed E-state index contributed by atoms with van der Waals surface area (Å²) in [5.41, 5.74) is 7.52. The van der Waals surface area contributed by atoms with Crippen molar-refractivity contribution in [3.05, 3.63) is 46.4 Å². The van der Waals surface area contributed by atoms with Gasteiger partial charge in [-0.2, -0.15) is 15.0 Å². The first-order chi connectivity index (χ1) is 13.5. The molecule has 0 aliphatic heterocycles. The highest BCUT2D eigenvalue weighted by molar-refractivity contribution is 7.15. The van der Waals surface area contributed by atoms with Crippen LogP contribution in [0.25, 0.3) is 5.00 Å². The zero-order chi connectivity index (χ0) is 19.7. The Morgan fingerprint density at radius 3 is 2.71 bits per heavy atom. The molecule has 3 aromatic rings. The zero-order valence-corrected chi connectivity index (χ0v) is 16.7. The first-order valence-corrected chi connectivity index (χ1v) is 9.97. The van der Waals surface area contributed by atoms with E-state index in [-0.39, 0.29) is 18.5 Å². The van der Waals surface area contributed by atoms with Crippen LogP contribution in [-0.4, -0.2) is 39.6 Å². The molecule has 0 unspecified atom stereocenters. The van der Waals surface area contributed by atoms with Gasteiger partial charge in [-0.3, -0.25) is 0 Å². The normalized spacial score (nSPS) is 13.2. The van der Waals surface area contributed by atoms with Crippen molar-refractivity contribution >= 4 is 29.2 Å². The molecule has 1 aliphatic rings. The van der Waals surface area contributed by atoms with E-state index in [1.807, 2.05) is 43.2 Å². The van der Waals surface area contributed by atoms with Crippen molar-refractivity contribution in [2.24, 2.45) is 0 Å². The number of anilines is 2. The van der Waals surface area contributed by atoms with Gasteiger partial charge in [-0.1, -0.05) is 0 Å². The molecule has 0 spiro atoms. The van der Waals surface area contributed by atoms with Gasteiger partial charge >= 0.3 is 5.97 Å². The minimum atomic E-state index is -0.353. The minimum absolute atomic E-state index is 0.0534. The highest BCUT2D eigenvalue weighted by Gasteiger charge is 2.27. The van der Waals surface area contributed by atoms with E-state index in [0.717, 1.165) is 36.2 Å². The molecule has 0 radical (unpaired) electrons. The molecule has 146 valence electrons. The predicted molar refractivity (Wildman–Crippen MR) is 108 cm³/mol. The third-order valence-corrected chi connectivity index (χ3v) is 5.92. The molecule has 1 aliphatic carbocycles. The van der Waals surface area contributed by atoms with Crippen molar-refractivity contribution in [3.63, 3.8) is 0 Å². The number of nitrogens with two attached hydrogens (primary N) is 1. The van der Waals surface area contributed by atoms with Crippen molar-refractivity contribution in [1.82, 2.24) is 19.5 Å². The fourth-order valence-corrected chi connectivity index (χ4v) is 4.65. The van der Waals surface area contributed by atoms with Gasteiger partial charge in [-0.25, -0.2) is 4.79 Å². The molecule has 0 saturated heterocycles. The summed E-state index contributed by atoms with van der Waals surface area (Å²) < 4.78 is 7.57.